The lowest BCUT2D eigenvalue weighted by molar-refractivity contribution is -0.123. The number of carbonyl (C=O) groups excluding carboxylic acids is 1. The standard InChI is InChI=1S/C13H18N2O2/c1-9(2)14-15-13(16)8-17-12-6-10(3)5-11(4)7-12/h5-7H,8H2,1-4H3,(H,15,16). The minimum atomic E-state index is -0.259. The summed E-state index contributed by atoms with van der Waals surface area (Å²) in [6, 6.07) is 5.85. The molecule has 0 aliphatic carbocycles. The minimum Gasteiger partial charge on any atom is -0.484 e. The van der Waals surface area contributed by atoms with Crippen LogP contribution in [0.15, 0.2) is 23.3 Å². The maximum Gasteiger partial charge on any atom is 0.277 e. The molecule has 17 heavy (non-hydrogen) atoms. The highest BCUT2D eigenvalue weighted by atomic mass is 16.5. The van der Waals surface area contributed by atoms with E-state index in [0.717, 1.165) is 16.8 Å². The van der Waals surface area contributed by atoms with E-state index >= 15 is 0 Å². The molecule has 0 aliphatic heterocycles. The summed E-state index contributed by atoms with van der Waals surface area (Å²) >= 11 is 0. The van der Waals surface area contributed by atoms with Gasteiger partial charge in [-0.25, -0.2) is 5.43 Å². The summed E-state index contributed by atoms with van der Waals surface area (Å²) in [6.45, 7) is 7.57. The van der Waals surface area contributed by atoms with Crippen molar-refractivity contribution in [2.45, 2.75) is 27.7 Å². The minimum absolute atomic E-state index is 0.0281. The maximum absolute atomic E-state index is 11.3. The Kier molecular flexibility index (Phi) is 4.69. The highest BCUT2D eigenvalue weighted by Crippen LogP contribution is 2.15. The molecule has 0 bridgehead atoms. The fourth-order valence-corrected chi connectivity index (χ4v) is 1.37. The van der Waals surface area contributed by atoms with E-state index in [2.05, 4.69) is 16.6 Å². The summed E-state index contributed by atoms with van der Waals surface area (Å²) in [5.74, 6) is 0.445. The third-order valence-electron chi connectivity index (χ3n) is 1.97. The Balaban J connectivity index is 2.50. The number of hydrazone groups is 1. The molecule has 0 atom stereocenters. The van der Waals surface area contributed by atoms with Crippen molar-refractivity contribution in [1.82, 2.24) is 5.43 Å². The largest absolute Gasteiger partial charge is 0.484 e. The van der Waals surface area contributed by atoms with Gasteiger partial charge in [-0.2, -0.15) is 5.10 Å². The van der Waals surface area contributed by atoms with Gasteiger partial charge in [0.25, 0.3) is 5.91 Å². The van der Waals surface area contributed by atoms with Crippen molar-refractivity contribution in [3.8, 4) is 5.75 Å². The lowest BCUT2D eigenvalue weighted by atomic mass is 10.1. The molecule has 4 heteroatoms. The molecule has 1 N–H and O–H groups in total. The van der Waals surface area contributed by atoms with E-state index in [-0.39, 0.29) is 12.5 Å². The van der Waals surface area contributed by atoms with E-state index in [0.29, 0.717) is 5.75 Å². The molecular weight excluding hydrogens is 216 g/mol. The molecule has 1 rings (SSSR count). The van der Waals surface area contributed by atoms with Gasteiger partial charge >= 0.3 is 0 Å². The van der Waals surface area contributed by atoms with Crippen molar-refractivity contribution in [3.05, 3.63) is 29.3 Å². The number of rotatable bonds is 4. The summed E-state index contributed by atoms with van der Waals surface area (Å²) in [6.07, 6.45) is 0. The first-order valence-electron chi connectivity index (χ1n) is 5.48. The highest BCUT2D eigenvalue weighted by Gasteiger charge is 2.02. The maximum atomic E-state index is 11.3. The molecule has 1 aromatic rings. The second-order valence-corrected chi connectivity index (χ2v) is 4.21. The van der Waals surface area contributed by atoms with Crippen LogP contribution in [0.25, 0.3) is 0 Å². The first kappa shape index (κ1) is 13.2. The number of nitrogens with zero attached hydrogens (tertiary/aromatic N) is 1. The predicted molar refractivity (Wildman–Crippen MR) is 68.3 cm³/mol. The lowest BCUT2D eigenvalue weighted by Gasteiger charge is -2.07. The van der Waals surface area contributed by atoms with Crippen LogP contribution in [-0.2, 0) is 4.79 Å². The van der Waals surface area contributed by atoms with Gasteiger partial charge in [-0.15, -0.1) is 0 Å². The van der Waals surface area contributed by atoms with Crippen LogP contribution in [0.4, 0.5) is 0 Å². The fourth-order valence-electron chi connectivity index (χ4n) is 1.37. The van der Waals surface area contributed by atoms with Gasteiger partial charge < -0.3 is 4.74 Å². The van der Waals surface area contributed by atoms with Crippen LogP contribution in [0.1, 0.15) is 25.0 Å². The predicted octanol–water partition coefficient (Wildman–Crippen LogP) is 2.19. The van der Waals surface area contributed by atoms with E-state index in [1.165, 1.54) is 0 Å². The Hall–Kier alpha value is -1.84. The molecule has 0 saturated heterocycles. The van der Waals surface area contributed by atoms with Gasteiger partial charge in [-0.1, -0.05) is 6.07 Å². The third kappa shape index (κ3) is 5.15. The van der Waals surface area contributed by atoms with E-state index in [1.54, 1.807) is 0 Å². The van der Waals surface area contributed by atoms with Crippen molar-refractivity contribution in [2.75, 3.05) is 6.61 Å². The average Bonchev–Trinajstić information content (AvgIpc) is 2.22. The highest BCUT2D eigenvalue weighted by molar-refractivity contribution is 5.83. The van der Waals surface area contributed by atoms with Gasteiger partial charge in [-0.05, 0) is 51.0 Å². The molecule has 4 nitrogen and oxygen atoms in total. The zero-order valence-corrected chi connectivity index (χ0v) is 10.7. The average molecular weight is 234 g/mol. The van der Waals surface area contributed by atoms with Crippen molar-refractivity contribution < 1.29 is 9.53 Å². The number of hydrogen-bond acceptors (Lipinski definition) is 3. The van der Waals surface area contributed by atoms with Crippen LogP contribution in [-0.4, -0.2) is 18.2 Å². The van der Waals surface area contributed by atoms with E-state index in [9.17, 15) is 4.79 Å². The number of benzene rings is 1. The van der Waals surface area contributed by atoms with Crippen LogP contribution in [0, 0.1) is 13.8 Å². The van der Waals surface area contributed by atoms with Gasteiger partial charge in [0.05, 0.1) is 0 Å². The molecular formula is C13H18N2O2. The Morgan fingerprint density at radius 1 is 1.24 bits per heavy atom. The molecule has 0 fully saturated rings. The number of amides is 1. The van der Waals surface area contributed by atoms with E-state index in [1.807, 2.05) is 39.8 Å². The summed E-state index contributed by atoms with van der Waals surface area (Å²) in [5.41, 5.74) is 5.43. The smallest absolute Gasteiger partial charge is 0.277 e. The number of ether oxygens (including phenoxy) is 1. The van der Waals surface area contributed by atoms with Crippen molar-refractivity contribution in [1.29, 1.82) is 0 Å². The molecule has 0 aliphatic rings. The monoisotopic (exact) mass is 234 g/mol. The zero-order valence-electron chi connectivity index (χ0n) is 10.7. The number of aryl methyl sites for hydroxylation is 2. The van der Waals surface area contributed by atoms with Crippen molar-refractivity contribution >= 4 is 11.6 Å². The van der Waals surface area contributed by atoms with Crippen molar-refractivity contribution in [2.24, 2.45) is 5.10 Å². The number of carbonyl (C=O) groups is 1. The summed E-state index contributed by atoms with van der Waals surface area (Å²) < 4.78 is 5.38. The molecule has 0 radical (unpaired) electrons. The van der Waals surface area contributed by atoms with Crippen LogP contribution in [0.5, 0.6) is 5.75 Å². The van der Waals surface area contributed by atoms with Gasteiger partial charge in [0.1, 0.15) is 5.75 Å². The quantitative estimate of drug-likeness (QED) is 0.641. The third-order valence-corrected chi connectivity index (χ3v) is 1.97. The number of hydrogen-bond donors (Lipinski definition) is 1. The van der Waals surface area contributed by atoms with E-state index < -0.39 is 0 Å². The Morgan fingerprint density at radius 3 is 2.35 bits per heavy atom. The van der Waals surface area contributed by atoms with Gasteiger partial charge in [-0.3, -0.25) is 4.79 Å². The zero-order chi connectivity index (χ0) is 12.8. The molecule has 0 aromatic heterocycles. The van der Waals surface area contributed by atoms with E-state index in [4.69, 9.17) is 4.74 Å². The molecule has 0 unspecified atom stereocenters. The SMILES string of the molecule is CC(C)=NNC(=O)COc1cc(C)cc(C)c1. The Bertz CT molecular complexity index is 415. The Labute approximate surface area is 102 Å². The normalized spacial score (nSPS) is 9.65. The second-order valence-electron chi connectivity index (χ2n) is 4.21. The van der Waals surface area contributed by atoms with Gasteiger partial charge in [0, 0.05) is 5.71 Å². The summed E-state index contributed by atoms with van der Waals surface area (Å²) in [4.78, 5) is 11.3. The fraction of sp³-hybridized carbons (Fsp3) is 0.385. The molecule has 1 amide bonds. The van der Waals surface area contributed by atoms with Gasteiger partial charge in [0.15, 0.2) is 6.61 Å². The van der Waals surface area contributed by atoms with Crippen LogP contribution in [0.2, 0.25) is 0 Å². The summed E-state index contributed by atoms with van der Waals surface area (Å²) in [7, 11) is 0. The van der Waals surface area contributed by atoms with Crippen LogP contribution >= 0.6 is 0 Å². The topological polar surface area (TPSA) is 50.7 Å². The van der Waals surface area contributed by atoms with Crippen LogP contribution in [0.3, 0.4) is 0 Å². The van der Waals surface area contributed by atoms with Crippen LogP contribution < -0.4 is 10.2 Å². The molecule has 0 spiro atoms. The van der Waals surface area contributed by atoms with Gasteiger partial charge in [0.2, 0.25) is 0 Å². The number of nitrogens with one attached hydrogen (secondary N) is 1. The molecule has 1 aromatic carbocycles. The first-order valence-corrected chi connectivity index (χ1v) is 5.48. The molecule has 0 heterocycles. The van der Waals surface area contributed by atoms with Crippen molar-refractivity contribution in [3.63, 3.8) is 0 Å². The Morgan fingerprint density at radius 2 is 1.82 bits per heavy atom. The molecule has 0 saturated carbocycles. The summed E-state index contributed by atoms with van der Waals surface area (Å²) in [5, 5.41) is 3.81. The second kappa shape index (κ2) is 6.03. The first-order chi connectivity index (χ1) is 7.97. The lowest BCUT2D eigenvalue weighted by Crippen LogP contribution is -2.25. The molecule has 92 valence electrons.